The van der Waals surface area contributed by atoms with Crippen molar-refractivity contribution in [3.63, 3.8) is 0 Å². The molecule has 0 aromatic heterocycles. The summed E-state index contributed by atoms with van der Waals surface area (Å²) in [6, 6.07) is 10.1. The van der Waals surface area contributed by atoms with Crippen LogP contribution in [0.5, 0.6) is 0 Å². The summed E-state index contributed by atoms with van der Waals surface area (Å²) >= 11 is 0. The molecule has 148 valence electrons. The van der Waals surface area contributed by atoms with E-state index in [1.165, 1.54) is 0 Å². The van der Waals surface area contributed by atoms with Gasteiger partial charge in [0.25, 0.3) is 5.91 Å². The minimum Gasteiger partial charge on any atom is -0.326 e. The smallest absolute Gasteiger partial charge is 0.255 e. The van der Waals surface area contributed by atoms with E-state index in [1.54, 1.807) is 30.3 Å². The third kappa shape index (κ3) is 4.18. The third-order valence-corrected chi connectivity index (χ3v) is 5.29. The number of fused-ring (bicyclic) bond motifs is 1. The fourth-order valence-electron chi connectivity index (χ4n) is 3.49. The second-order valence-electron chi connectivity index (χ2n) is 7.34. The van der Waals surface area contributed by atoms with Gasteiger partial charge in [-0.3, -0.25) is 9.59 Å². The van der Waals surface area contributed by atoms with Gasteiger partial charge in [-0.2, -0.15) is 0 Å². The number of benzene rings is 2. The Kier molecular flexibility index (Phi) is 6.01. The maximum atomic E-state index is 14.7. The van der Waals surface area contributed by atoms with Crippen molar-refractivity contribution in [1.29, 1.82) is 0 Å². The van der Waals surface area contributed by atoms with Crippen LogP contribution in [0.4, 0.5) is 15.8 Å². The molecule has 0 spiro atoms. The molecular formula is C21H23ClFN3O2. The van der Waals surface area contributed by atoms with Gasteiger partial charge < -0.3 is 16.0 Å². The van der Waals surface area contributed by atoms with E-state index in [1.807, 2.05) is 13.0 Å². The molecule has 7 heteroatoms. The number of rotatable bonds is 4. The van der Waals surface area contributed by atoms with E-state index in [2.05, 4.69) is 16.0 Å². The lowest BCUT2D eigenvalue weighted by molar-refractivity contribution is -0.117. The zero-order chi connectivity index (χ0) is 19.0. The van der Waals surface area contributed by atoms with E-state index in [4.69, 9.17) is 0 Å². The summed E-state index contributed by atoms with van der Waals surface area (Å²) in [4.78, 5) is 24.6. The lowest BCUT2D eigenvalue weighted by Crippen LogP contribution is -2.25. The van der Waals surface area contributed by atoms with Crippen molar-refractivity contribution in [2.24, 2.45) is 11.8 Å². The van der Waals surface area contributed by atoms with E-state index in [0.29, 0.717) is 35.7 Å². The van der Waals surface area contributed by atoms with Crippen molar-refractivity contribution in [3.05, 3.63) is 58.9 Å². The average molecular weight is 404 g/mol. The van der Waals surface area contributed by atoms with Crippen LogP contribution in [-0.4, -0.2) is 18.4 Å². The van der Waals surface area contributed by atoms with Gasteiger partial charge in [-0.15, -0.1) is 12.4 Å². The Bertz CT molecular complexity index is 919. The molecule has 2 aliphatic rings. The van der Waals surface area contributed by atoms with Crippen molar-refractivity contribution in [2.75, 3.05) is 17.2 Å². The zero-order valence-corrected chi connectivity index (χ0v) is 16.4. The third-order valence-electron chi connectivity index (χ3n) is 5.29. The van der Waals surface area contributed by atoms with Crippen LogP contribution in [-0.2, 0) is 17.8 Å². The van der Waals surface area contributed by atoms with Gasteiger partial charge in [-0.05, 0) is 60.7 Å². The standard InChI is InChI=1S/C21H22FN3O2.ClH/c1-12-9-17(12)21(27)24-15-4-2-3-13(10-15)20(26)25-18-6-5-14-11-23-8-7-16(14)19(18)22;/h2-6,10,12,17,23H,7-9,11H2,1H3,(H,24,27)(H,25,26);1H. The molecular weight excluding hydrogens is 381 g/mol. The van der Waals surface area contributed by atoms with Crippen LogP contribution in [0.3, 0.4) is 0 Å². The highest BCUT2D eigenvalue weighted by atomic mass is 35.5. The molecule has 2 unspecified atom stereocenters. The van der Waals surface area contributed by atoms with Gasteiger partial charge in [0.1, 0.15) is 5.82 Å². The second kappa shape index (κ2) is 8.29. The van der Waals surface area contributed by atoms with Gasteiger partial charge >= 0.3 is 0 Å². The zero-order valence-electron chi connectivity index (χ0n) is 15.5. The van der Waals surface area contributed by atoms with Crippen molar-refractivity contribution in [3.8, 4) is 0 Å². The first kappa shape index (κ1) is 20.3. The number of hydrogen-bond donors (Lipinski definition) is 3. The number of halogens is 2. The van der Waals surface area contributed by atoms with Crippen LogP contribution in [0, 0.1) is 17.7 Å². The Labute approximate surface area is 169 Å². The quantitative estimate of drug-likeness (QED) is 0.728. The largest absolute Gasteiger partial charge is 0.326 e. The van der Waals surface area contributed by atoms with E-state index < -0.39 is 5.91 Å². The molecule has 5 nitrogen and oxygen atoms in total. The van der Waals surface area contributed by atoms with Gasteiger partial charge in [0.05, 0.1) is 5.69 Å². The summed E-state index contributed by atoms with van der Waals surface area (Å²) in [5.41, 5.74) is 2.71. The van der Waals surface area contributed by atoms with Gasteiger partial charge in [-0.25, -0.2) is 4.39 Å². The van der Waals surface area contributed by atoms with Gasteiger partial charge in [-0.1, -0.05) is 19.1 Å². The van der Waals surface area contributed by atoms with Gasteiger partial charge in [0.15, 0.2) is 0 Å². The second-order valence-corrected chi connectivity index (χ2v) is 7.34. The van der Waals surface area contributed by atoms with Crippen LogP contribution in [0.15, 0.2) is 36.4 Å². The predicted octanol–water partition coefficient (Wildman–Crippen LogP) is 3.74. The SMILES string of the molecule is CC1CC1C(=O)Nc1cccc(C(=O)Nc2ccc3c(c2F)CCNC3)c1.Cl. The highest BCUT2D eigenvalue weighted by Gasteiger charge is 2.39. The molecule has 1 saturated carbocycles. The normalized spacial score (nSPS) is 19.8. The molecule has 0 bridgehead atoms. The predicted molar refractivity (Wildman–Crippen MR) is 109 cm³/mol. The van der Waals surface area contributed by atoms with E-state index in [0.717, 1.165) is 18.5 Å². The number of hydrogen-bond acceptors (Lipinski definition) is 3. The molecule has 4 rings (SSSR count). The summed E-state index contributed by atoms with van der Waals surface area (Å²) in [7, 11) is 0. The Hall–Kier alpha value is -2.44. The first-order chi connectivity index (χ1) is 13.0. The van der Waals surface area contributed by atoms with Crippen molar-refractivity contribution < 1.29 is 14.0 Å². The van der Waals surface area contributed by atoms with E-state index >= 15 is 0 Å². The molecule has 1 aliphatic heterocycles. The molecule has 0 saturated heterocycles. The lowest BCUT2D eigenvalue weighted by atomic mass is 9.99. The van der Waals surface area contributed by atoms with Crippen molar-refractivity contribution in [1.82, 2.24) is 5.32 Å². The molecule has 2 atom stereocenters. The van der Waals surface area contributed by atoms with Crippen molar-refractivity contribution >= 4 is 35.6 Å². The Morgan fingerprint density at radius 2 is 1.96 bits per heavy atom. The Balaban J connectivity index is 0.00000225. The van der Waals surface area contributed by atoms with E-state index in [9.17, 15) is 14.0 Å². The monoisotopic (exact) mass is 403 g/mol. The number of anilines is 2. The first-order valence-electron chi connectivity index (χ1n) is 9.26. The fourth-order valence-corrected chi connectivity index (χ4v) is 3.49. The highest BCUT2D eigenvalue weighted by molar-refractivity contribution is 6.05. The fraction of sp³-hybridized carbons (Fsp3) is 0.333. The number of amides is 2. The Morgan fingerprint density at radius 3 is 2.71 bits per heavy atom. The average Bonchev–Trinajstić information content (AvgIpc) is 3.41. The molecule has 2 aromatic carbocycles. The molecule has 2 amide bonds. The molecule has 3 N–H and O–H groups in total. The molecule has 1 fully saturated rings. The topological polar surface area (TPSA) is 70.2 Å². The maximum absolute atomic E-state index is 14.7. The number of carbonyl (C=O) groups excluding carboxylic acids is 2. The van der Waals surface area contributed by atoms with Crippen LogP contribution in [0.25, 0.3) is 0 Å². The van der Waals surface area contributed by atoms with Crippen LogP contribution in [0.2, 0.25) is 0 Å². The molecule has 2 aromatic rings. The van der Waals surface area contributed by atoms with Crippen LogP contribution in [0.1, 0.15) is 34.8 Å². The molecule has 0 radical (unpaired) electrons. The Morgan fingerprint density at radius 1 is 1.18 bits per heavy atom. The minimum atomic E-state index is -0.404. The van der Waals surface area contributed by atoms with Crippen LogP contribution < -0.4 is 16.0 Å². The molecule has 28 heavy (non-hydrogen) atoms. The van der Waals surface area contributed by atoms with Crippen LogP contribution >= 0.6 is 12.4 Å². The maximum Gasteiger partial charge on any atom is 0.255 e. The molecule has 1 heterocycles. The molecule has 1 aliphatic carbocycles. The summed E-state index contributed by atoms with van der Waals surface area (Å²) < 4.78 is 14.7. The lowest BCUT2D eigenvalue weighted by Gasteiger charge is -2.19. The highest BCUT2D eigenvalue weighted by Crippen LogP contribution is 2.38. The van der Waals surface area contributed by atoms with Gasteiger partial charge in [0, 0.05) is 23.7 Å². The minimum absolute atomic E-state index is 0. The number of carbonyl (C=O) groups is 2. The number of nitrogens with one attached hydrogen (secondary N) is 3. The summed E-state index contributed by atoms with van der Waals surface area (Å²) in [5.74, 6) is -0.317. The summed E-state index contributed by atoms with van der Waals surface area (Å²) in [6.45, 7) is 3.40. The van der Waals surface area contributed by atoms with E-state index in [-0.39, 0.29) is 35.7 Å². The summed E-state index contributed by atoms with van der Waals surface area (Å²) in [5, 5.41) is 8.70. The first-order valence-corrected chi connectivity index (χ1v) is 9.26. The van der Waals surface area contributed by atoms with Crippen molar-refractivity contribution in [2.45, 2.75) is 26.3 Å². The van der Waals surface area contributed by atoms with Gasteiger partial charge in [0.2, 0.25) is 5.91 Å². The summed E-state index contributed by atoms with van der Waals surface area (Å²) in [6.07, 6.45) is 1.51.